The molecule has 0 amide bonds. The maximum absolute atomic E-state index is 5.79. The van der Waals surface area contributed by atoms with Crippen molar-refractivity contribution in [1.82, 2.24) is 9.78 Å². The Bertz CT molecular complexity index is 477. The van der Waals surface area contributed by atoms with E-state index in [-0.39, 0.29) is 0 Å². The van der Waals surface area contributed by atoms with Crippen molar-refractivity contribution in [2.24, 2.45) is 0 Å². The first-order chi connectivity index (χ1) is 7.11. The maximum atomic E-state index is 5.79. The smallest absolute Gasteiger partial charge is 0.0734 e. The summed E-state index contributed by atoms with van der Waals surface area (Å²) in [7, 11) is 0. The van der Waals surface area contributed by atoms with Crippen LogP contribution in [0.15, 0.2) is 24.4 Å². The maximum Gasteiger partial charge on any atom is 0.0734 e. The summed E-state index contributed by atoms with van der Waals surface area (Å²) in [5.41, 5.74) is 11.1. The van der Waals surface area contributed by atoms with Gasteiger partial charge in [-0.2, -0.15) is 5.10 Å². The molecule has 0 unspecified atom stereocenters. The number of para-hydroxylation sites is 1. The van der Waals surface area contributed by atoms with Gasteiger partial charge in [-0.3, -0.25) is 0 Å². The third-order valence-corrected chi connectivity index (χ3v) is 2.70. The fourth-order valence-electron chi connectivity index (χ4n) is 1.79. The number of nitrogen functional groups attached to an aromatic ring is 1. The first-order valence-corrected chi connectivity index (χ1v) is 4.98. The number of nitrogens with zero attached hydrogens (tertiary/aromatic N) is 2. The van der Waals surface area contributed by atoms with Crippen LogP contribution in [0.5, 0.6) is 0 Å². The van der Waals surface area contributed by atoms with Crippen LogP contribution in [0.3, 0.4) is 0 Å². The van der Waals surface area contributed by atoms with E-state index in [0.717, 1.165) is 17.1 Å². The van der Waals surface area contributed by atoms with Gasteiger partial charge in [0.15, 0.2) is 0 Å². The minimum atomic E-state index is 0.734. The molecule has 0 saturated carbocycles. The topological polar surface area (TPSA) is 43.8 Å². The normalized spacial score (nSPS) is 10.6. The minimum Gasteiger partial charge on any atom is -0.396 e. The summed E-state index contributed by atoms with van der Waals surface area (Å²) in [4.78, 5) is 0. The molecule has 2 aromatic rings. The van der Waals surface area contributed by atoms with Crippen molar-refractivity contribution in [2.75, 3.05) is 5.73 Å². The second kappa shape index (κ2) is 3.42. The Kier molecular flexibility index (Phi) is 2.23. The molecule has 0 radical (unpaired) electrons. The zero-order valence-corrected chi connectivity index (χ0v) is 9.28. The number of anilines is 1. The number of aryl methyl sites for hydroxylation is 2. The highest BCUT2D eigenvalue weighted by Crippen LogP contribution is 2.21. The van der Waals surface area contributed by atoms with E-state index in [1.807, 2.05) is 11.6 Å². The summed E-state index contributed by atoms with van der Waals surface area (Å²) < 4.78 is 1.90. The fourth-order valence-corrected chi connectivity index (χ4v) is 1.79. The van der Waals surface area contributed by atoms with E-state index in [1.165, 1.54) is 11.1 Å². The van der Waals surface area contributed by atoms with Gasteiger partial charge in [-0.05, 0) is 31.9 Å². The van der Waals surface area contributed by atoms with Crippen LogP contribution >= 0.6 is 0 Å². The van der Waals surface area contributed by atoms with Crippen LogP contribution in [-0.4, -0.2) is 9.78 Å². The van der Waals surface area contributed by atoms with Crippen molar-refractivity contribution in [1.29, 1.82) is 0 Å². The van der Waals surface area contributed by atoms with Crippen LogP contribution in [0.4, 0.5) is 5.69 Å². The Labute approximate surface area is 89.5 Å². The summed E-state index contributed by atoms with van der Waals surface area (Å²) in [6.07, 6.45) is 1.70. The average Bonchev–Trinajstić information content (AvgIpc) is 2.49. The Morgan fingerprint density at radius 2 is 1.73 bits per heavy atom. The molecule has 15 heavy (non-hydrogen) atoms. The first-order valence-electron chi connectivity index (χ1n) is 4.98. The molecule has 1 heterocycles. The second-order valence-corrected chi connectivity index (χ2v) is 3.84. The van der Waals surface area contributed by atoms with Crippen molar-refractivity contribution in [3.63, 3.8) is 0 Å². The number of aromatic nitrogens is 2. The number of nitrogens with two attached hydrogens (primary N) is 1. The fraction of sp³-hybridized carbons (Fsp3) is 0.250. The van der Waals surface area contributed by atoms with Gasteiger partial charge in [0.25, 0.3) is 0 Å². The molecular weight excluding hydrogens is 186 g/mol. The largest absolute Gasteiger partial charge is 0.396 e. The highest BCUT2D eigenvalue weighted by Gasteiger charge is 2.09. The van der Waals surface area contributed by atoms with Crippen molar-refractivity contribution in [3.05, 3.63) is 41.2 Å². The lowest BCUT2D eigenvalue weighted by Gasteiger charge is -2.11. The standard InChI is InChI=1S/C12H15N3/c1-8-5-4-6-9(2)12(8)15-10(3)11(13)7-14-15/h4-7H,13H2,1-3H3. The van der Waals surface area contributed by atoms with Gasteiger partial charge < -0.3 is 5.73 Å². The Morgan fingerprint density at radius 1 is 1.13 bits per heavy atom. The predicted molar refractivity (Wildman–Crippen MR) is 62.2 cm³/mol. The number of rotatable bonds is 1. The van der Waals surface area contributed by atoms with Crippen LogP contribution < -0.4 is 5.73 Å². The van der Waals surface area contributed by atoms with Crippen LogP contribution in [0.25, 0.3) is 5.69 Å². The molecule has 78 valence electrons. The lowest BCUT2D eigenvalue weighted by Crippen LogP contribution is -2.04. The van der Waals surface area contributed by atoms with Crippen molar-refractivity contribution in [3.8, 4) is 5.69 Å². The molecule has 0 spiro atoms. The molecule has 3 nitrogen and oxygen atoms in total. The molecule has 0 fully saturated rings. The van der Waals surface area contributed by atoms with Gasteiger partial charge in [-0.1, -0.05) is 18.2 Å². The molecule has 1 aromatic heterocycles. The van der Waals surface area contributed by atoms with E-state index in [1.54, 1.807) is 6.20 Å². The monoisotopic (exact) mass is 201 g/mol. The van der Waals surface area contributed by atoms with Gasteiger partial charge in [0, 0.05) is 0 Å². The molecule has 0 bridgehead atoms. The average molecular weight is 201 g/mol. The lowest BCUT2D eigenvalue weighted by atomic mass is 10.1. The van der Waals surface area contributed by atoms with Crippen LogP contribution in [-0.2, 0) is 0 Å². The van der Waals surface area contributed by atoms with Gasteiger partial charge in [-0.25, -0.2) is 4.68 Å². The number of benzene rings is 1. The van der Waals surface area contributed by atoms with Crippen molar-refractivity contribution >= 4 is 5.69 Å². The van der Waals surface area contributed by atoms with Crippen molar-refractivity contribution < 1.29 is 0 Å². The van der Waals surface area contributed by atoms with Gasteiger partial charge in [0.05, 0.1) is 23.3 Å². The van der Waals surface area contributed by atoms with Gasteiger partial charge >= 0.3 is 0 Å². The molecular formula is C12H15N3. The summed E-state index contributed by atoms with van der Waals surface area (Å²) in [6.45, 7) is 6.15. The molecule has 0 aliphatic heterocycles. The zero-order valence-electron chi connectivity index (χ0n) is 9.28. The highest BCUT2D eigenvalue weighted by molar-refractivity contribution is 5.51. The van der Waals surface area contributed by atoms with Crippen LogP contribution in [0, 0.1) is 20.8 Å². The summed E-state index contributed by atoms with van der Waals surface area (Å²) >= 11 is 0. The Balaban J connectivity index is 2.69. The number of hydrogen-bond donors (Lipinski definition) is 1. The van der Waals surface area contributed by atoms with Crippen molar-refractivity contribution in [2.45, 2.75) is 20.8 Å². The molecule has 0 saturated heterocycles. The second-order valence-electron chi connectivity index (χ2n) is 3.84. The van der Waals surface area contributed by atoms with Gasteiger partial charge in [0.2, 0.25) is 0 Å². The zero-order chi connectivity index (χ0) is 11.0. The summed E-state index contributed by atoms with van der Waals surface area (Å²) in [6, 6.07) is 6.22. The van der Waals surface area contributed by atoms with E-state index in [9.17, 15) is 0 Å². The molecule has 1 aromatic carbocycles. The molecule has 0 aliphatic carbocycles. The molecule has 2 N–H and O–H groups in total. The SMILES string of the molecule is Cc1cccc(C)c1-n1ncc(N)c1C. The third-order valence-electron chi connectivity index (χ3n) is 2.70. The van der Waals surface area contributed by atoms with Gasteiger partial charge in [0.1, 0.15) is 0 Å². The third kappa shape index (κ3) is 1.50. The lowest BCUT2D eigenvalue weighted by molar-refractivity contribution is 0.834. The first kappa shape index (κ1) is 9.77. The van der Waals surface area contributed by atoms with E-state index >= 15 is 0 Å². The highest BCUT2D eigenvalue weighted by atomic mass is 15.3. The molecule has 3 heteroatoms. The predicted octanol–water partition coefficient (Wildman–Crippen LogP) is 2.38. The Hall–Kier alpha value is -1.77. The Morgan fingerprint density at radius 3 is 2.20 bits per heavy atom. The van der Waals surface area contributed by atoms with E-state index in [0.29, 0.717) is 0 Å². The molecule has 0 aliphatic rings. The van der Waals surface area contributed by atoms with Crippen LogP contribution in [0.2, 0.25) is 0 Å². The minimum absolute atomic E-state index is 0.734. The van der Waals surface area contributed by atoms with E-state index < -0.39 is 0 Å². The van der Waals surface area contributed by atoms with E-state index in [4.69, 9.17) is 5.73 Å². The number of hydrogen-bond acceptors (Lipinski definition) is 2. The van der Waals surface area contributed by atoms with E-state index in [2.05, 4.69) is 37.1 Å². The summed E-state index contributed by atoms with van der Waals surface area (Å²) in [5.74, 6) is 0. The van der Waals surface area contributed by atoms with Gasteiger partial charge in [-0.15, -0.1) is 0 Å². The molecule has 2 rings (SSSR count). The quantitative estimate of drug-likeness (QED) is 0.769. The summed E-state index contributed by atoms with van der Waals surface area (Å²) in [5, 5.41) is 4.30. The van der Waals surface area contributed by atoms with Crippen LogP contribution in [0.1, 0.15) is 16.8 Å². The molecule has 0 atom stereocenters.